The van der Waals surface area contributed by atoms with Crippen LogP contribution in [-0.4, -0.2) is 37.2 Å². The maximum absolute atomic E-state index is 12.8. The van der Waals surface area contributed by atoms with Crippen LogP contribution in [0.4, 0.5) is 0 Å². The number of carbonyl (C=O) groups excluding carboxylic acids is 3. The molecule has 0 unspecified atom stereocenters. The minimum absolute atomic E-state index is 0.0682. The van der Waals surface area contributed by atoms with Crippen LogP contribution in [-0.2, 0) is 28.6 Å². The van der Waals surface area contributed by atoms with Crippen molar-refractivity contribution in [2.24, 2.45) is 0 Å². The Bertz CT molecular complexity index is 1040. The Hall–Kier alpha value is -2.11. The molecule has 0 spiro atoms. The molecule has 0 saturated carbocycles. The average Bonchev–Trinajstić information content (AvgIpc) is 3.29. The third-order valence-corrected chi connectivity index (χ3v) is 12.7. The van der Waals surface area contributed by atoms with Gasteiger partial charge in [0.15, 0.2) is 6.10 Å². The maximum atomic E-state index is 12.8. The van der Waals surface area contributed by atoms with Crippen molar-refractivity contribution >= 4 is 17.9 Å². The molecule has 0 fully saturated rings. The molecule has 0 rings (SSSR count). The lowest BCUT2D eigenvalue weighted by molar-refractivity contribution is -0.167. The van der Waals surface area contributed by atoms with Crippen molar-refractivity contribution in [3.05, 3.63) is 24.3 Å². The molecule has 376 valence electrons. The fourth-order valence-corrected chi connectivity index (χ4v) is 8.42. The Kier molecular flexibility index (Phi) is 51.7. The summed E-state index contributed by atoms with van der Waals surface area (Å²) in [6.07, 6.45) is 61.6. The van der Waals surface area contributed by atoms with E-state index in [-0.39, 0.29) is 31.1 Å². The summed E-state index contributed by atoms with van der Waals surface area (Å²) in [5.41, 5.74) is 0. The minimum atomic E-state index is -0.769. The monoisotopic (exact) mass is 901 g/mol. The van der Waals surface area contributed by atoms with Crippen LogP contribution in [0.3, 0.4) is 0 Å². The van der Waals surface area contributed by atoms with Crippen molar-refractivity contribution in [2.45, 2.75) is 316 Å². The first-order valence-electron chi connectivity index (χ1n) is 28.3. The van der Waals surface area contributed by atoms with Gasteiger partial charge in [0.25, 0.3) is 0 Å². The van der Waals surface area contributed by atoms with Crippen LogP contribution in [0.1, 0.15) is 310 Å². The second-order valence-corrected chi connectivity index (χ2v) is 19.2. The molecule has 0 bridgehead atoms. The number of carbonyl (C=O) groups is 3. The van der Waals surface area contributed by atoms with Crippen molar-refractivity contribution in [2.75, 3.05) is 13.2 Å². The smallest absolute Gasteiger partial charge is 0.306 e. The molecular weight excluding hydrogens is 793 g/mol. The summed E-state index contributed by atoms with van der Waals surface area (Å²) >= 11 is 0. The summed E-state index contributed by atoms with van der Waals surface area (Å²) in [6.45, 7) is 6.65. The van der Waals surface area contributed by atoms with Crippen molar-refractivity contribution in [1.29, 1.82) is 0 Å². The molecule has 0 aromatic rings. The Morgan fingerprint density at radius 2 is 0.562 bits per heavy atom. The van der Waals surface area contributed by atoms with E-state index in [9.17, 15) is 14.4 Å². The molecule has 0 aliphatic carbocycles. The van der Waals surface area contributed by atoms with Crippen LogP contribution in [0.2, 0.25) is 0 Å². The standard InChI is InChI=1S/C58H108O6/c1-4-7-10-13-16-19-22-25-27-29-31-33-36-39-42-45-48-51-57(60)63-54-55(53-62-56(59)50-47-44-41-38-35-32-24-21-18-15-12-9-6-3)64-58(61)52-49-46-43-40-37-34-30-28-26-23-20-17-14-11-8-5-2/h16,19,25,27,55H,4-15,17-18,20-24,26,28-54H2,1-3H3/b19-16-,27-25-/t55-/m1/s1. The van der Waals surface area contributed by atoms with Gasteiger partial charge in [0.2, 0.25) is 0 Å². The topological polar surface area (TPSA) is 78.9 Å². The van der Waals surface area contributed by atoms with Crippen molar-refractivity contribution in [1.82, 2.24) is 0 Å². The Balaban J connectivity index is 4.33. The van der Waals surface area contributed by atoms with Crippen molar-refractivity contribution in [3.8, 4) is 0 Å². The first-order chi connectivity index (χ1) is 31.5. The van der Waals surface area contributed by atoms with E-state index in [0.29, 0.717) is 19.3 Å². The van der Waals surface area contributed by atoms with Gasteiger partial charge in [0, 0.05) is 19.3 Å². The van der Waals surface area contributed by atoms with Gasteiger partial charge in [-0.15, -0.1) is 0 Å². The van der Waals surface area contributed by atoms with Gasteiger partial charge in [-0.25, -0.2) is 0 Å². The SMILES string of the molecule is CCCCC/C=C\C/C=C\CCCCCCCCCC(=O)OC[C@@H](COC(=O)CCCCCCCCCCCCCCC)OC(=O)CCCCCCCCCCCCCCCCCC. The molecule has 0 aliphatic heterocycles. The fourth-order valence-electron chi connectivity index (χ4n) is 8.42. The van der Waals surface area contributed by atoms with Crippen LogP contribution in [0.25, 0.3) is 0 Å². The molecule has 0 aliphatic rings. The molecule has 0 aromatic heterocycles. The quantitative estimate of drug-likeness (QED) is 0.0262. The highest BCUT2D eigenvalue weighted by atomic mass is 16.6. The second kappa shape index (κ2) is 53.5. The molecule has 0 N–H and O–H groups in total. The number of esters is 3. The number of rotatable bonds is 52. The van der Waals surface area contributed by atoms with E-state index in [4.69, 9.17) is 14.2 Å². The molecule has 0 heterocycles. The second-order valence-electron chi connectivity index (χ2n) is 19.2. The van der Waals surface area contributed by atoms with Crippen LogP contribution < -0.4 is 0 Å². The normalized spacial score (nSPS) is 12.1. The molecule has 6 heteroatoms. The van der Waals surface area contributed by atoms with E-state index in [0.717, 1.165) is 70.6 Å². The van der Waals surface area contributed by atoms with Gasteiger partial charge in [-0.2, -0.15) is 0 Å². The lowest BCUT2D eigenvalue weighted by atomic mass is 10.0. The summed E-state index contributed by atoms with van der Waals surface area (Å²) in [5.74, 6) is -0.856. The first kappa shape index (κ1) is 61.9. The lowest BCUT2D eigenvalue weighted by Crippen LogP contribution is -2.30. The van der Waals surface area contributed by atoms with Gasteiger partial charge in [-0.1, -0.05) is 263 Å². The molecule has 0 radical (unpaired) electrons. The van der Waals surface area contributed by atoms with Gasteiger partial charge >= 0.3 is 17.9 Å². The Morgan fingerprint density at radius 3 is 0.891 bits per heavy atom. The van der Waals surface area contributed by atoms with Crippen LogP contribution in [0.15, 0.2) is 24.3 Å². The number of unbranched alkanes of at least 4 members (excludes halogenated alkanes) is 37. The molecule has 0 amide bonds. The maximum Gasteiger partial charge on any atom is 0.306 e. The van der Waals surface area contributed by atoms with Gasteiger partial charge in [0.1, 0.15) is 13.2 Å². The van der Waals surface area contributed by atoms with E-state index >= 15 is 0 Å². The number of hydrogen-bond acceptors (Lipinski definition) is 6. The Morgan fingerprint density at radius 1 is 0.312 bits per heavy atom. The molecule has 1 atom stereocenters. The summed E-state index contributed by atoms with van der Waals surface area (Å²) in [6, 6.07) is 0. The molecule has 0 aromatic carbocycles. The molecular formula is C58H108O6. The van der Waals surface area contributed by atoms with Crippen LogP contribution in [0.5, 0.6) is 0 Å². The summed E-state index contributed by atoms with van der Waals surface area (Å²) in [7, 11) is 0. The zero-order valence-corrected chi connectivity index (χ0v) is 43.1. The molecule has 6 nitrogen and oxygen atoms in total. The number of allylic oxidation sites excluding steroid dienone is 4. The highest BCUT2D eigenvalue weighted by Crippen LogP contribution is 2.17. The lowest BCUT2D eigenvalue weighted by Gasteiger charge is -2.18. The van der Waals surface area contributed by atoms with Gasteiger partial charge < -0.3 is 14.2 Å². The number of ether oxygens (including phenoxy) is 3. The summed E-state index contributed by atoms with van der Waals surface area (Å²) in [4.78, 5) is 38.1. The third-order valence-electron chi connectivity index (χ3n) is 12.7. The highest BCUT2D eigenvalue weighted by Gasteiger charge is 2.19. The summed E-state index contributed by atoms with van der Waals surface area (Å²) in [5, 5.41) is 0. The van der Waals surface area contributed by atoms with Crippen molar-refractivity contribution in [3.63, 3.8) is 0 Å². The third kappa shape index (κ3) is 50.9. The number of hydrogen-bond donors (Lipinski definition) is 0. The van der Waals surface area contributed by atoms with Gasteiger partial charge in [-0.05, 0) is 51.4 Å². The minimum Gasteiger partial charge on any atom is -0.462 e. The van der Waals surface area contributed by atoms with Gasteiger partial charge in [0.05, 0.1) is 0 Å². The first-order valence-corrected chi connectivity index (χ1v) is 28.3. The van der Waals surface area contributed by atoms with Crippen LogP contribution >= 0.6 is 0 Å². The largest absolute Gasteiger partial charge is 0.462 e. The van der Waals surface area contributed by atoms with E-state index in [1.54, 1.807) is 0 Å². The van der Waals surface area contributed by atoms with E-state index in [1.165, 1.54) is 199 Å². The average molecular weight is 901 g/mol. The summed E-state index contributed by atoms with van der Waals surface area (Å²) < 4.78 is 16.9. The fraction of sp³-hybridized carbons (Fsp3) is 0.879. The zero-order valence-electron chi connectivity index (χ0n) is 43.1. The highest BCUT2D eigenvalue weighted by molar-refractivity contribution is 5.71. The van der Waals surface area contributed by atoms with E-state index in [1.807, 2.05) is 0 Å². The van der Waals surface area contributed by atoms with Crippen molar-refractivity contribution < 1.29 is 28.6 Å². The van der Waals surface area contributed by atoms with E-state index in [2.05, 4.69) is 45.1 Å². The molecule has 0 saturated heterocycles. The predicted molar refractivity (Wildman–Crippen MR) is 275 cm³/mol. The molecule has 64 heavy (non-hydrogen) atoms. The van der Waals surface area contributed by atoms with Gasteiger partial charge in [-0.3, -0.25) is 14.4 Å². The van der Waals surface area contributed by atoms with Crippen LogP contribution in [0, 0.1) is 0 Å². The predicted octanol–water partition coefficient (Wildman–Crippen LogP) is 18.7. The zero-order chi connectivity index (χ0) is 46.5. The Labute approximate surface area is 398 Å². The van der Waals surface area contributed by atoms with E-state index < -0.39 is 6.10 Å².